The van der Waals surface area contributed by atoms with E-state index >= 15 is 0 Å². The molecule has 116 valence electrons. The fraction of sp³-hybridized carbons (Fsp3) is 0.375. The standard InChI is InChI=1S/C16H19N3O2S/c17-9-12-6-7-14(21-12)15(20)19-16-18-10-13(22-16)8-11-4-2-1-3-5-11/h1-5,10,12,14H,6-9,17H2,(H,18,19,20)/t12-,14+/m1/s1. The van der Waals surface area contributed by atoms with Crippen LogP contribution in [-0.4, -0.2) is 29.6 Å². The summed E-state index contributed by atoms with van der Waals surface area (Å²) in [5.41, 5.74) is 6.79. The minimum absolute atomic E-state index is 0.000636. The Morgan fingerprint density at radius 1 is 1.36 bits per heavy atom. The van der Waals surface area contributed by atoms with E-state index in [9.17, 15) is 4.79 Å². The summed E-state index contributed by atoms with van der Waals surface area (Å²) in [7, 11) is 0. The molecule has 0 unspecified atom stereocenters. The molecule has 3 rings (SSSR count). The smallest absolute Gasteiger partial charge is 0.255 e. The first kappa shape index (κ1) is 15.1. The molecule has 0 aliphatic carbocycles. The Hall–Kier alpha value is -1.76. The molecule has 0 bridgehead atoms. The van der Waals surface area contributed by atoms with Gasteiger partial charge < -0.3 is 10.5 Å². The van der Waals surface area contributed by atoms with Gasteiger partial charge in [-0.2, -0.15) is 0 Å². The van der Waals surface area contributed by atoms with Gasteiger partial charge in [0, 0.05) is 24.0 Å². The van der Waals surface area contributed by atoms with Crippen LogP contribution in [0, 0.1) is 0 Å². The maximum Gasteiger partial charge on any atom is 0.255 e. The third kappa shape index (κ3) is 3.71. The van der Waals surface area contributed by atoms with Gasteiger partial charge in [0.05, 0.1) is 6.10 Å². The molecule has 1 aromatic heterocycles. The zero-order chi connectivity index (χ0) is 15.4. The molecule has 1 fully saturated rings. The molecule has 2 aromatic rings. The van der Waals surface area contributed by atoms with Crippen molar-refractivity contribution in [3.63, 3.8) is 0 Å². The monoisotopic (exact) mass is 317 g/mol. The summed E-state index contributed by atoms with van der Waals surface area (Å²) in [6.45, 7) is 0.461. The van der Waals surface area contributed by atoms with E-state index in [1.54, 1.807) is 0 Å². The van der Waals surface area contributed by atoms with E-state index in [2.05, 4.69) is 22.4 Å². The van der Waals surface area contributed by atoms with Crippen LogP contribution in [-0.2, 0) is 16.0 Å². The van der Waals surface area contributed by atoms with Gasteiger partial charge in [0.2, 0.25) is 0 Å². The second-order valence-corrected chi connectivity index (χ2v) is 6.46. The molecule has 2 heterocycles. The summed E-state index contributed by atoms with van der Waals surface area (Å²) in [5, 5.41) is 3.46. The van der Waals surface area contributed by atoms with E-state index < -0.39 is 6.10 Å². The van der Waals surface area contributed by atoms with Crippen molar-refractivity contribution in [2.75, 3.05) is 11.9 Å². The number of nitrogens with two attached hydrogens (primary N) is 1. The van der Waals surface area contributed by atoms with Crippen molar-refractivity contribution >= 4 is 22.4 Å². The summed E-state index contributed by atoms with van der Waals surface area (Å²) in [4.78, 5) is 17.5. The minimum atomic E-state index is -0.407. The zero-order valence-corrected chi connectivity index (χ0v) is 13.0. The van der Waals surface area contributed by atoms with Crippen LogP contribution in [0.15, 0.2) is 36.5 Å². The normalized spacial score (nSPS) is 21.0. The highest BCUT2D eigenvalue weighted by molar-refractivity contribution is 7.15. The number of nitrogens with one attached hydrogen (secondary N) is 1. The molecule has 0 saturated carbocycles. The number of benzene rings is 1. The second kappa shape index (κ2) is 7.00. The van der Waals surface area contributed by atoms with Gasteiger partial charge in [-0.3, -0.25) is 10.1 Å². The van der Waals surface area contributed by atoms with Crippen molar-refractivity contribution in [1.82, 2.24) is 4.98 Å². The first-order chi connectivity index (χ1) is 10.7. The predicted molar refractivity (Wildman–Crippen MR) is 86.9 cm³/mol. The minimum Gasteiger partial charge on any atom is -0.364 e. The molecular formula is C16H19N3O2S. The fourth-order valence-corrected chi connectivity index (χ4v) is 3.35. The van der Waals surface area contributed by atoms with Crippen molar-refractivity contribution in [2.24, 2.45) is 5.73 Å². The molecule has 1 aliphatic heterocycles. The van der Waals surface area contributed by atoms with Crippen LogP contribution in [0.25, 0.3) is 0 Å². The van der Waals surface area contributed by atoms with Gasteiger partial charge in [0.25, 0.3) is 5.91 Å². The second-order valence-electron chi connectivity index (χ2n) is 5.34. The number of nitrogens with zero attached hydrogens (tertiary/aromatic N) is 1. The lowest BCUT2D eigenvalue weighted by Gasteiger charge is -2.11. The number of hydrogen-bond acceptors (Lipinski definition) is 5. The van der Waals surface area contributed by atoms with Gasteiger partial charge in [-0.1, -0.05) is 30.3 Å². The molecule has 0 radical (unpaired) electrons. The van der Waals surface area contributed by atoms with E-state index in [0.717, 1.165) is 24.1 Å². The molecule has 1 aliphatic rings. The molecule has 3 N–H and O–H groups in total. The van der Waals surface area contributed by atoms with Gasteiger partial charge in [0.15, 0.2) is 5.13 Å². The van der Waals surface area contributed by atoms with Crippen molar-refractivity contribution in [2.45, 2.75) is 31.5 Å². The number of anilines is 1. The maximum atomic E-state index is 12.1. The van der Waals surface area contributed by atoms with Crippen LogP contribution < -0.4 is 11.1 Å². The summed E-state index contributed by atoms with van der Waals surface area (Å²) in [6, 6.07) is 10.2. The van der Waals surface area contributed by atoms with Crippen LogP contribution in [0.3, 0.4) is 0 Å². The van der Waals surface area contributed by atoms with Gasteiger partial charge in [-0.15, -0.1) is 11.3 Å². The van der Waals surface area contributed by atoms with E-state index in [0.29, 0.717) is 11.7 Å². The number of rotatable bonds is 5. The fourth-order valence-electron chi connectivity index (χ4n) is 2.50. The quantitative estimate of drug-likeness (QED) is 0.886. The number of aromatic nitrogens is 1. The molecule has 1 amide bonds. The summed E-state index contributed by atoms with van der Waals surface area (Å²) >= 11 is 1.50. The SMILES string of the molecule is NC[C@H]1CC[C@@H](C(=O)Nc2ncc(Cc3ccccc3)s2)O1. The highest BCUT2D eigenvalue weighted by Gasteiger charge is 2.30. The molecule has 6 heteroatoms. The van der Waals surface area contributed by atoms with Crippen molar-refractivity contribution < 1.29 is 9.53 Å². The number of amides is 1. The van der Waals surface area contributed by atoms with Crippen molar-refractivity contribution in [3.05, 3.63) is 47.0 Å². The molecule has 1 aromatic carbocycles. The first-order valence-electron chi connectivity index (χ1n) is 7.39. The number of thiazole rings is 1. The van der Waals surface area contributed by atoms with Crippen LogP contribution in [0.4, 0.5) is 5.13 Å². The Kier molecular flexibility index (Phi) is 4.82. The lowest BCUT2D eigenvalue weighted by molar-refractivity contribution is -0.126. The lowest BCUT2D eigenvalue weighted by atomic mass is 10.1. The molecule has 1 saturated heterocycles. The Labute approximate surface area is 133 Å². The van der Waals surface area contributed by atoms with Crippen LogP contribution in [0.2, 0.25) is 0 Å². The van der Waals surface area contributed by atoms with Crippen molar-refractivity contribution in [3.8, 4) is 0 Å². The molecular weight excluding hydrogens is 298 g/mol. The third-order valence-electron chi connectivity index (χ3n) is 3.67. The number of hydrogen-bond donors (Lipinski definition) is 2. The Balaban J connectivity index is 1.56. The topological polar surface area (TPSA) is 77.2 Å². The van der Waals surface area contributed by atoms with Crippen molar-refractivity contribution in [1.29, 1.82) is 0 Å². The molecule has 2 atom stereocenters. The molecule has 0 spiro atoms. The lowest BCUT2D eigenvalue weighted by Crippen LogP contribution is -2.29. The Morgan fingerprint density at radius 2 is 2.18 bits per heavy atom. The van der Waals surface area contributed by atoms with Crippen LogP contribution in [0.5, 0.6) is 0 Å². The average Bonchev–Trinajstić information content (AvgIpc) is 3.17. The van der Waals surface area contributed by atoms with Crippen LogP contribution in [0.1, 0.15) is 23.3 Å². The molecule has 22 heavy (non-hydrogen) atoms. The van der Waals surface area contributed by atoms with Gasteiger partial charge >= 0.3 is 0 Å². The number of ether oxygens (including phenoxy) is 1. The molecule has 5 nitrogen and oxygen atoms in total. The zero-order valence-electron chi connectivity index (χ0n) is 12.2. The van der Waals surface area contributed by atoms with E-state index in [1.165, 1.54) is 16.9 Å². The largest absolute Gasteiger partial charge is 0.364 e. The van der Waals surface area contributed by atoms with Gasteiger partial charge in [-0.05, 0) is 18.4 Å². The Morgan fingerprint density at radius 3 is 2.91 bits per heavy atom. The maximum absolute atomic E-state index is 12.1. The highest BCUT2D eigenvalue weighted by atomic mass is 32.1. The average molecular weight is 317 g/mol. The predicted octanol–water partition coefficient (Wildman–Crippen LogP) is 2.18. The van der Waals surface area contributed by atoms with Gasteiger partial charge in [0.1, 0.15) is 6.10 Å². The summed E-state index contributed by atoms with van der Waals surface area (Å²) < 4.78 is 5.59. The first-order valence-corrected chi connectivity index (χ1v) is 8.21. The van der Waals surface area contributed by atoms with E-state index in [1.807, 2.05) is 24.4 Å². The van der Waals surface area contributed by atoms with Gasteiger partial charge in [-0.25, -0.2) is 4.98 Å². The summed E-state index contributed by atoms with van der Waals surface area (Å²) in [5.74, 6) is -0.128. The summed E-state index contributed by atoms with van der Waals surface area (Å²) in [6.07, 6.45) is 3.78. The number of carbonyl (C=O) groups is 1. The van der Waals surface area contributed by atoms with E-state index in [-0.39, 0.29) is 12.0 Å². The van der Waals surface area contributed by atoms with Crippen LogP contribution >= 0.6 is 11.3 Å². The number of carbonyl (C=O) groups excluding carboxylic acids is 1. The highest BCUT2D eigenvalue weighted by Crippen LogP contribution is 2.24. The van der Waals surface area contributed by atoms with E-state index in [4.69, 9.17) is 10.5 Å². The third-order valence-corrected chi connectivity index (χ3v) is 4.58. The Bertz CT molecular complexity index is 629.